The lowest BCUT2D eigenvalue weighted by Gasteiger charge is -2.50. The van der Waals surface area contributed by atoms with E-state index in [1.54, 1.807) is 12.1 Å². The van der Waals surface area contributed by atoms with Crippen LogP contribution in [-0.4, -0.2) is 44.9 Å². The SMILES string of the molecule is Cc1cc(Cl)cc2[nH]c(-c3ccccc3C(=O)N3CC=C4C(C)(C)C(c5ccc(C(=O)O)cc5)=CC[C@]4(C)C3)nc12. The van der Waals surface area contributed by atoms with Crippen molar-refractivity contribution in [3.63, 3.8) is 0 Å². The van der Waals surface area contributed by atoms with Gasteiger partial charge in [-0.05, 0) is 60.4 Å². The van der Waals surface area contributed by atoms with Crippen LogP contribution in [0.5, 0.6) is 0 Å². The number of halogens is 1. The van der Waals surface area contributed by atoms with Crippen molar-refractivity contribution in [1.29, 1.82) is 0 Å². The highest BCUT2D eigenvalue weighted by atomic mass is 35.5. The van der Waals surface area contributed by atoms with Gasteiger partial charge in [0.15, 0.2) is 0 Å². The molecule has 0 bridgehead atoms. The van der Waals surface area contributed by atoms with Gasteiger partial charge in [-0.25, -0.2) is 9.78 Å². The zero-order chi connectivity index (χ0) is 29.1. The fourth-order valence-electron chi connectivity index (χ4n) is 6.78. The number of nitrogens with one attached hydrogen (secondary N) is 1. The molecule has 2 heterocycles. The summed E-state index contributed by atoms with van der Waals surface area (Å²) in [6.07, 6.45) is 5.26. The molecule has 6 rings (SSSR count). The molecule has 2 aliphatic rings. The average Bonchev–Trinajstić information content (AvgIpc) is 3.36. The number of carboxylic acids is 1. The van der Waals surface area contributed by atoms with Crippen molar-refractivity contribution in [3.05, 3.63) is 106 Å². The number of carbonyl (C=O) groups is 2. The number of fused-ring (bicyclic) bond motifs is 2. The van der Waals surface area contributed by atoms with E-state index in [1.807, 2.05) is 60.4 Å². The summed E-state index contributed by atoms with van der Waals surface area (Å²) >= 11 is 6.27. The summed E-state index contributed by atoms with van der Waals surface area (Å²) in [4.78, 5) is 35.5. The van der Waals surface area contributed by atoms with Crippen molar-refractivity contribution >= 4 is 40.1 Å². The van der Waals surface area contributed by atoms with Gasteiger partial charge in [0.05, 0.1) is 22.2 Å². The van der Waals surface area contributed by atoms with E-state index in [9.17, 15) is 14.7 Å². The first kappa shape index (κ1) is 27.0. The minimum Gasteiger partial charge on any atom is -0.478 e. The third-order valence-corrected chi connectivity index (χ3v) is 8.91. The third kappa shape index (κ3) is 4.56. The first-order valence-electron chi connectivity index (χ1n) is 13.8. The number of aromatic nitrogens is 2. The Labute approximate surface area is 244 Å². The normalized spacial score (nSPS) is 19.9. The number of amides is 1. The van der Waals surface area contributed by atoms with Crippen LogP contribution in [-0.2, 0) is 0 Å². The lowest BCUT2D eigenvalue weighted by Crippen LogP contribution is -2.48. The molecule has 1 aliphatic heterocycles. The van der Waals surface area contributed by atoms with Crippen LogP contribution in [0.4, 0.5) is 0 Å². The van der Waals surface area contributed by atoms with Gasteiger partial charge < -0.3 is 15.0 Å². The number of aryl methyl sites for hydroxylation is 1. The van der Waals surface area contributed by atoms with E-state index in [0.717, 1.165) is 34.1 Å². The predicted octanol–water partition coefficient (Wildman–Crippen LogP) is 7.79. The van der Waals surface area contributed by atoms with Gasteiger partial charge in [-0.3, -0.25) is 4.79 Å². The number of imidazole rings is 1. The first-order valence-corrected chi connectivity index (χ1v) is 14.2. The lowest BCUT2D eigenvalue weighted by atomic mass is 9.58. The van der Waals surface area contributed by atoms with Gasteiger partial charge in [0.2, 0.25) is 0 Å². The molecule has 0 saturated carbocycles. The van der Waals surface area contributed by atoms with Crippen molar-refractivity contribution in [2.75, 3.05) is 13.1 Å². The lowest BCUT2D eigenvalue weighted by molar-refractivity contribution is 0.0679. The predicted molar refractivity (Wildman–Crippen MR) is 163 cm³/mol. The van der Waals surface area contributed by atoms with E-state index in [4.69, 9.17) is 16.6 Å². The van der Waals surface area contributed by atoms with Crippen LogP contribution in [0.2, 0.25) is 5.02 Å². The number of nitrogens with zero attached hydrogens (tertiary/aromatic N) is 2. The summed E-state index contributed by atoms with van der Waals surface area (Å²) in [6.45, 7) is 9.77. The Morgan fingerprint density at radius 3 is 2.49 bits per heavy atom. The van der Waals surface area contributed by atoms with Crippen molar-refractivity contribution in [1.82, 2.24) is 14.9 Å². The summed E-state index contributed by atoms with van der Waals surface area (Å²) in [6, 6.07) is 18.5. The highest BCUT2D eigenvalue weighted by Crippen LogP contribution is 2.55. The summed E-state index contributed by atoms with van der Waals surface area (Å²) in [5.74, 6) is -0.305. The van der Waals surface area contributed by atoms with Crippen LogP contribution in [0.25, 0.3) is 28.0 Å². The molecule has 0 fully saturated rings. The van der Waals surface area contributed by atoms with Crippen LogP contribution in [0.15, 0.2) is 78.4 Å². The average molecular weight is 566 g/mol. The molecular formula is C34H32ClN3O3. The molecule has 1 aliphatic carbocycles. The maximum atomic E-state index is 14.1. The highest BCUT2D eigenvalue weighted by Gasteiger charge is 2.46. The van der Waals surface area contributed by atoms with Crippen LogP contribution < -0.4 is 0 Å². The minimum absolute atomic E-state index is 0.0239. The molecule has 2 N–H and O–H groups in total. The van der Waals surface area contributed by atoms with Crippen molar-refractivity contribution in [2.45, 2.75) is 34.1 Å². The van der Waals surface area contributed by atoms with Crippen molar-refractivity contribution in [2.24, 2.45) is 10.8 Å². The number of allylic oxidation sites excluding steroid dienone is 2. The van der Waals surface area contributed by atoms with E-state index in [-0.39, 0.29) is 22.3 Å². The Morgan fingerprint density at radius 1 is 1.02 bits per heavy atom. The Hall–Kier alpha value is -4.16. The maximum Gasteiger partial charge on any atom is 0.335 e. The second-order valence-electron chi connectivity index (χ2n) is 11.9. The molecule has 4 aromatic rings. The zero-order valence-electron chi connectivity index (χ0n) is 23.6. The Bertz CT molecular complexity index is 1780. The Kier molecular flexibility index (Phi) is 6.42. The second kappa shape index (κ2) is 9.74. The number of H-pyrrole nitrogens is 1. The molecule has 7 heteroatoms. The van der Waals surface area contributed by atoms with Crippen LogP contribution in [0.1, 0.15) is 59.0 Å². The quantitative estimate of drug-likeness (QED) is 0.247. The number of carboxylic acid groups (broad SMARTS) is 1. The molecule has 0 saturated heterocycles. The van der Waals surface area contributed by atoms with E-state index < -0.39 is 5.97 Å². The third-order valence-electron chi connectivity index (χ3n) is 8.69. The molecule has 0 radical (unpaired) electrons. The molecule has 6 nitrogen and oxygen atoms in total. The van der Waals surface area contributed by atoms with Gasteiger partial charge in [0.25, 0.3) is 5.91 Å². The number of carbonyl (C=O) groups excluding carboxylic acids is 1. The number of rotatable bonds is 4. The smallest absolute Gasteiger partial charge is 0.335 e. The van der Waals surface area contributed by atoms with Gasteiger partial charge in [0.1, 0.15) is 5.82 Å². The fourth-order valence-corrected chi connectivity index (χ4v) is 7.05. The summed E-state index contributed by atoms with van der Waals surface area (Å²) in [5.41, 5.74) is 7.35. The van der Waals surface area contributed by atoms with E-state index in [2.05, 4.69) is 37.9 Å². The topological polar surface area (TPSA) is 86.3 Å². The molecular weight excluding hydrogens is 534 g/mol. The molecule has 208 valence electrons. The van der Waals surface area contributed by atoms with E-state index in [0.29, 0.717) is 29.5 Å². The largest absolute Gasteiger partial charge is 0.478 e. The van der Waals surface area contributed by atoms with Crippen LogP contribution >= 0.6 is 11.6 Å². The second-order valence-corrected chi connectivity index (χ2v) is 12.4. The monoisotopic (exact) mass is 565 g/mol. The van der Waals surface area contributed by atoms with E-state index >= 15 is 0 Å². The van der Waals surface area contributed by atoms with Crippen molar-refractivity contribution in [3.8, 4) is 11.4 Å². The van der Waals surface area contributed by atoms with Crippen molar-refractivity contribution < 1.29 is 14.7 Å². The van der Waals surface area contributed by atoms with Gasteiger partial charge in [-0.2, -0.15) is 0 Å². The maximum absolute atomic E-state index is 14.1. The number of hydrogen-bond donors (Lipinski definition) is 2. The minimum atomic E-state index is -0.929. The van der Waals surface area contributed by atoms with Gasteiger partial charge >= 0.3 is 5.97 Å². The Balaban J connectivity index is 1.30. The number of hydrogen-bond acceptors (Lipinski definition) is 3. The van der Waals surface area contributed by atoms with Gasteiger partial charge in [-0.15, -0.1) is 0 Å². The fraction of sp³-hybridized carbons (Fsp3) is 0.265. The zero-order valence-corrected chi connectivity index (χ0v) is 24.3. The molecule has 3 aromatic carbocycles. The molecule has 41 heavy (non-hydrogen) atoms. The summed E-state index contributed by atoms with van der Waals surface area (Å²) in [7, 11) is 0. The summed E-state index contributed by atoms with van der Waals surface area (Å²) < 4.78 is 0. The summed E-state index contributed by atoms with van der Waals surface area (Å²) in [5, 5.41) is 9.94. The van der Waals surface area contributed by atoms with Gasteiger partial charge in [0, 0.05) is 34.5 Å². The molecule has 0 spiro atoms. The van der Waals surface area contributed by atoms with Crippen LogP contribution in [0, 0.1) is 17.8 Å². The van der Waals surface area contributed by atoms with Crippen LogP contribution in [0.3, 0.4) is 0 Å². The van der Waals surface area contributed by atoms with Gasteiger partial charge in [-0.1, -0.05) is 80.4 Å². The molecule has 1 atom stereocenters. The highest BCUT2D eigenvalue weighted by molar-refractivity contribution is 6.31. The number of aromatic carboxylic acids is 1. The number of aromatic amines is 1. The number of benzene rings is 3. The molecule has 0 unspecified atom stereocenters. The molecule has 1 amide bonds. The Morgan fingerprint density at radius 2 is 1.76 bits per heavy atom. The van der Waals surface area contributed by atoms with E-state index in [1.165, 1.54) is 11.1 Å². The standard InChI is InChI=1S/C34H32ClN3O3/c1-20-17-23(35)18-27-29(20)37-30(36-27)24-7-5-6-8-25(24)31(39)38-16-14-28-33(2,3)26(13-15-34(28,4)19-38)21-9-11-22(12-10-21)32(40)41/h5-14,17-18H,15-16,19H2,1-4H3,(H,36,37)(H,40,41)/t34-/m1/s1. The molecule has 1 aromatic heterocycles. The first-order chi connectivity index (χ1) is 19.5.